The Labute approximate surface area is 323 Å². The lowest BCUT2D eigenvalue weighted by atomic mass is 9.84. The van der Waals surface area contributed by atoms with Crippen molar-refractivity contribution in [2.75, 3.05) is 0 Å². The third-order valence-corrected chi connectivity index (χ3v) is 9.28. The Bertz CT molecular complexity index is 1380. The van der Waals surface area contributed by atoms with Crippen LogP contribution >= 0.6 is 0 Å². The lowest BCUT2D eigenvalue weighted by Crippen LogP contribution is -2.66. The summed E-state index contributed by atoms with van der Waals surface area (Å²) >= 11 is 0. The third kappa shape index (κ3) is 13.6. The molecule has 2 saturated carbocycles. The number of carbonyl (C=O) groups is 2. The standard InChI is InChI=1S/2C14H25N3O9.H2O4S/c2*1-3-5(17-12(16)13(23)24)2-4(15)14(25-3)26-11-9(21)7(19)6(18)8(20)10(11)22;1-5(2,3)4/h2*3-11,14,18-22H,2,15H2,1H3,(H2,16,17)(H,23,24);(H2,1,2,3,4)/t2*3-,4+,5+,6?,7+,8+,9-,10+,11?,14-;/m11./s1. The third-order valence-electron chi connectivity index (χ3n) is 9.28. The molecule has 332 valence electrons. The number of aliphatic hydroxyl groups excluding tert-OH is 10. The molecule has 29 heteroatoms. The van der Waals surface area contributed by atoms with Gasteiger partial charge in [0.2, 0.25) is 11.7 Å². The van der Waals surface area contributed by atoms with Gasteiger partial charge in [-0.3, -0.25) is 19.1 Å². The number of ether oxygens (including phenoxy) is 4. The zero-order valence-corrected chi connectivity index (χ0v) is 30.9. The zero-order chi connectivity index (χ0) is 44.0. The van der Waals surface area contributed by atoms with E-state index in [0.717, 1.165) is 0 Å². The highest BCUT2D eigenvalue weighted by Gasteiger charge is 2.52. The molecule has 0 aromatic carbocycles. The van der Waals surface area contributed by atoms with Gasteiger partial charge >= 0.3 is 22.3 Å². The second-order valence-corrected chi connectivity index (χ2v) is 14.4. The number of hydrogen-bond acceptors (Lipinski definition) is 22. The molecule has 2 heterocycles. The van der Waals surface area contributed by atoms with Crippen LogP contribution in [0.5, 0.6) is 0 Å². The van der Waals surface area contributed by atoms with Gasteiger partial charge in [-0.25, -0.2) is 9.59 Å². The minimum absolute atomic E-state index is 0.145. The molecular formula is C28H52N6O22S. The molecule has 2 aliphatic heterocycles. The van der Waals surface area contributed by atoms with E-state index < -0.39 is 156 Å². The van der Waals surface area contributed by atoms with Crippen molar-refractivity contribution in [1.29, 1.82) is 0 Å². The molecule has 0 radical (unpaired) electrons. The molecule has 0 aromatic rings. The van der Waals surface area contributed by atoms with Crippen LogP contribution in [-0.4, -0.2) is 225 Å². The number of aliphatic hydroxyl groups is 10. The van der Waals surface area contributed by atoms with Crippen molar-refractivity contribution in [3.05, 3.63) is 0 Å². The minimum atomic E-state index is -4.67. The Kier molecular flexibility index (Phi) is 18.4. The highest BCUT2D eigenvalue weighted by Crippen LogP contribution is 2.31. The fourth-order valence-corrected chi connectivity index (χ4v) is 6.04. The molecule has 4 unspecified atom stereocenters. The van der Waals surface area contributed by atoms with Crippen LogP contribution in [-0.2, 0) is 38.9 Å². The second-order valence-electron chi connectivity index (χ2n) is 13.5. The first-order valence-electron chi connectivity index (χ1n) is 16.9. The summed E-state index contributed by atoms with van der Waals surface area (Å²) in [7, 11) is -4.67. The SMILES string of the molecule is C[C@H]1O[C@H](OC2[C@@H](O)[C@@H](O)C(O)[C@H](O)[C@H]2O)[C@@H](N)C[C@@H]1N=C(N)C(=O)O.C[C@H]1O[C@H](OC2[C@@H](O)[C@@H](O)C(O)[C@H](O)[C@H]2O)[C@@H](N)C[C@@H]1N=C(N)C(=O)O.O=S(=O)(O)O. The van der Waals surface area contributed by atoms with Crippen LogP contribution in [0.25, 0.3) is 0 Å². The molecule has 22 N–H and O–H groups in total. The molecule has 4 fully saturated rings. The molecule has 0 bridgehead atoms. The van der Waals surface area contributed by atoms with Crippen molar-refractivity contribution >= 4 is 34.0 Å². The van der Waals surface area contributed by atoms with Crippen molar-refractivity contribution in [3.8, 4) is 0 Å². The van der Waals surface area contributed by atoms with Crippen molar-refractivity contribution in [1.82, 2.24) is 0 Å². The van der Waals surface area contributed by atoms with E-state index in [0.29, 0.717) is 0 Å². The highest BCUT2D eigenvalue weighted by atomic mass is 32.3. The molecule has 28 nitrogen and oxygen atoms in total. The lowest BCUT2D eigenvalue weighted by molar-refractivity contribution is -0.293. The van der Waals surface area contributed by atoms with Crippen LogP contribution in [0, 0.1) is 0 Å². The topological polar surface area (TPSA) is 517 Å². The highest BCUT2D eigenvalue weighted by molar-refractivity contribution is 7.79. The van der Waals surface area contributed by atoms with Gasteiger partial charge in [-0.2, -0.15) is 8.42 Å². The summed E-state index contributed by atoms with van der Waals surface area (Å²) in [6, 6.07) is -2.91. The Hall–Kier alpha value is -2.89. The van der Waals surface area contributed by atoms with Crippen LogP contribution < -0.4 is 22.9 Å². The van der Waals surface area contributed by atoms with Gasteiger partial charge in [-0.05, 0) is 26.7 Å². The fourth-order valence-electron chi connectivity index (χ4n) is 6.04. The van der Waals surface area contributed by atoms with Crippen LogP contribution in [0.2, 0.25) is 0 Å². The van der Waals surface area contributed by atoms with Gasteiger partial charge < -0.3 is 103 Å². The van der Waals surface area contributed by atoms with E-state index in [4.69, 9.17) is 69.6 Å². The molecule has 57 heavy (non-hydrogen) atoms. The Balaban J connectivity index is 0.000000352. The summed E-state index contributed by atoms with van der Waals surface area (Å²) in [5.74, 6) is -3.93. The van der Waals surface area contributed by atoms with Crippen molar-refractivity contribution in [2.24, 2.45) is 32.9 Å². The van der Waals surface area contributed by atoms with E-state index in [1.54, 1.807) is 13.8 Å². The Morgan fingerprint density at radius 1 is 0.561 bits per heavy atom. The fraction of sp³-hybridized carbons (Fsp3) is 0.857. The molecule has 4 aliphatic rings. The first kappa shape index (κ1) is 50.3. The number of nitrogens with two attached hydrogens (primary N) is 4. The first-order valence-corrected chi connectivity index (χ1v) is 18.2. The first-order chi connectivity index (χ1) is 26.1. The predicted molar refractivity (Wildman–Crippen MR) is 184 cm³/mol. The van der Waals surface area contributed by atoms with Crippen molar-refractivity contribution in [2.45, 2.75) is 149 Å². The average molecular weight is 857 g/mol. The number of hydrogen-bond donors (Lipinski definition) is 18. The van der Waals surface area contributed by atoms with Gasteiger partial charge in [0.25, 0.3) is 0 Å². The van der Waals surface area contributed by atoms with Gasteiger partial charge in [-0.15, -0.1) is 0 Å². The van der Waals surface area contributed by atoms with Crippen LogP contribution in [0.4, 0.5) is 0 Å². The van der Waals surface area contributed by atoms with Crippen molar-refractivity contribution < 1.29 is 107 Å². The lowest BCUT2D eigenvalue weighted by Gasteiger charge is -2.45. The molecule has 2 aliphatic carbocycles. The molecule has 0 aromatic heterocycles. The Morgan fingerprint density at radius 3 is 1.02 bits per heavy atom. The van der Waals surface area contributed by atoms with Gasteiger partial charge in [0.15, 0.2) is 12.6 Å². The number of carboxylic acids is 2. The number of aliphatic imine (C=N–C) groups is 2. The number of nitrogens with zero attached hydrogens (tertiary/aromatic N) is 2. The summed E-state index contributed by atoms with van der Waals surface area (Å²) < 4.78 is 53.6. The Morgan fingerprint density at radius 2 is 0.789 bits per heavy atom. The van der Waals surface area contributed by atoms with Gasteiger partial charge in [0, 0.05) is 0 Å². The van der Waals surface area contributed by atoms with Crippen LogP contribution in [0.15, 0.2) is 9.98 Å². The normalized spacial score (nSPS) is 44.4. The van der Waals surface area contributed by atoms with Crippen LogP contribution in [0.3, 0.4) is 0 Å². The quantitative estimate of drug-likeness (QED) is 0.0670. The maximum absolute atomic E-state index is 10.8. The number of amidine groups is 2. The van der Waals surface area contributed by atoms with Crippen LogP contribution in [0.1, 0.15) is 26.7 Å². The van der Waals surface area contributed by atoms with E-state index in [-0.39, 0.29) is 12.8 Å². The summed E-state index contributed by atoms with van der Waals surface area (Å²) in [4.78, 5) is 29.2. The van der Waals surface area contributed by atoms with E-state index >= 15 is 0 Å². The smallest absolute Gasteiger partial charge is 0.394 e. The average Bonchev–Trinajstić information content (AvgIpc) is 3.11. The molecule has 0 amide bonds. The zero-order valence-electron chi connectivity index (χ0n) is 30.1. The minimum Gasteiger partial charge on any atom is -0.475 e. The van der Waals surface area contributed by atoms with Gasteiger partial charge in [0.05, 0.1) is 36.4 Å². The largest absolute Gasteiger partial charge is 0.475 e. The summed E-state index contributed by atoms with van der Waals surface area (Å²) in [5.41, 5.74) is 22.5. The molecule has 20 atom stereocenters. The summed E-state index contributed by atoms with van der Waals surface area (Å²) in [6.45, 7) is 3.18. The van der Waals surface area contributed by atoms with E-state index in [9.17, 15) is 60.7 Å². The van der Waals surface area contributed by atoms with Crippen molar-refractivity contribution in [3.63, 3.8) is 0 Å². The van der Waals surface area contributed by atoms with Gasteiger partial charge in [0.1, 0.15) is 73.2 Å². The molecule has 2 saturated heterocycles. The number of aliphatic carboxylic acids is 2. The number of rotatable bonds is 6. The maximum Gasteiger partial charge on any atom is 0.394 e. The number of carboxylic acid groups (broad SMARTS) is 2. The van der Waals surface area contributed by atoms with Gasteiger partial charge in [-0.1, -0.05) is 0 Å². The monoisotopic (exact) mass is 856 g/mol. The van der Waals surface area contributed by atoms with E-state index in [1.807, 2.05) is 0 Å². The molecule has 0 spiro atoms. The maximum atomic E-state index is 10.8. The second kappa shape index (κ2) is 20.9. The summed E-state index contributed by atoms with van der Waals surface area (Å²) in [5, 5.41) is 116. The predicted octanol–water partition coefficient (Wildman–Crippen LogP) is -9.73. The molecule has 4 rings (SSSR count). The van der Waals surface area contributed by atoms with E-state index in [2.05, 4.69) is 9.98 Å². The summed E-state index contributed by atoms with van der Waals surface area (Å²) in [6.07, 6.45) is -23.3. The molecular weight excluding hydrogens is 804 g/mol. The van der Waals surface area contributed by atoms with E-state index in [1.165, 1.54) is 0 Å².